The van der Waals surface area contributed by atoms with Gasteiger partial charge in [-0.1, -0.05) is 48.6 Å². The van der Waals surface area contributed by atoms with Crippen LogP contribution in [0.5, 0.6) is 0 Å². The van der Waals surface area contributed by atoms with Gasteiger partial charge < -0.3 is 0 Å². The van der Waals surface area contributed by atoms with Crippen molar-refractivity contribution >= 4 is 22.4 Å². The third-order valence-electron chi connectivity index (χ3n) is 3.42. The first kappa shape index (κ1) is 17.0. The highest BCUT2D eigenvalue weighted by Gasteiger charge is 2.13. The fraction of sp³-hybridized carbons (Fsp3) is 0.235. The highest BCUT2D eigenvalue weighted by Crippen LogP contribution is 2.18. The average Bonchev–Trinajstić information content (AvgIpc) is 3.04. The van der Waals surface area contributed by atoms with Crippen LogP contribution in [0.4, 0.5) is 5.13 Å². The van der Waals surface area contributed by atoms with Gasteiger partial charge in [-0.2, -0.15) is 5.10 Å². The zero-order valence-corrected chi connectivity index (χ0v) is 14.5. The van der Waals surface area contributed by atoms with Crippen LogP contribution >= 0.6 is 11.3 Å². The zero-order chi connectivity index (χ0) is 17.6. The fourth-order valence-electron chi connectivity index (χ4n) is 2.25. The number of hydrogen-bond acceptors (Lipinski definition) is 6. The van der Waals surface area contributed by atoms with E-state index in [9.17, 15) is 9.59 Å². The maximum Gasteiger partial charge on any atom is 0.277 e. The van der Waals surface area contributed by atoms with E-state index in [0.29, 0.717) is 18.1 Å². The molecule has 0 aliphatic rings. The molecule has 1 aromatic carbocycles. The molecule has 3 rings (SSSR count). The lowest BCUT2D eigenvalue weighted by atomic mass is 10.2. The SMILES string of the molecule is CCCn1nc(C(=O)Nc2nnc(Cc3ccccc3)s2)ccc1=O. The minimum Gasteiger partial charge on any atom is -0.295 e. The van der Waals surface area contributed by atoms with Crippen LogP contribution in [-0.2, 0) is 13.0 Å². The molecular formula is C17H17N5O2S. The van der Waals surface area contributed by atoms with Gasteiger partial charge in [0.2, 0.25) is 5.13 Å². The molecule has 0 saturated carbocycles. The molecule has 3 aromatic rings. The van der Waals surface area contributed by atoms with Gasteiger partial charge in [0.1, 0.15) is 10.7 Å². The third-order valence-corrected chi connectivity index (χ3v) is 4.26. The minimum absolute atomic E-state index is 0.174. The second-order valence-electron chi connectivity index (χ2n) is 5.40. The van der Waals surface area contributed by atoms with Crippen molar-refractivity contribution in [3.63, 3.8) is 0 Å². The Morgan fingerprint density at radius 3 is 2.72 bits per heavy atom. The quantitative estimate of drug-likeness (QED) is 0.733. The Bertz CT molecular complexity index is 920. The molecule has 7 nitrogen and oxygen atoms in total. The minimum atomic E-state index is -0.410. The Kier molecular flexibility index (Phi) is 5.30. The monoisotopic (exact) mass is 355 g/mol. The molecule has 0 unspecified atom stereocenters. The van der Waals surface area contributed by atoms with Crippen LogP contribution in [0, 0.1) is 0 Å². The molecule has 1 amide bonds. The second-order valence-corrected chi connectivity index (χ2v) is 6.46. The molecule has 0 atom stereocenters. The highest BCUT2D eigenvalue weighted by atomic mass is 32.1. The summed E-state index contributed by atoms with van der Waals surface area (Å²) in [5, 5.41) is 16.1. The van der Waals surface area contributed by atoms with Crippen molar-refractivity contribution in [3.8, 4) is 0 Å². The van der Waals surface area contributed by atoms with E-state index in [4.69, 9.17) is 0 Å². The summed E-state index contributed by atoms with van der Waals surface area (Å²) in [7, 11) is 0. The van der Waals surface area contributed by atoms with Crippen LogP contribution in [0.25, 0.3) is 0 Å². The summed E-state index contributed by atoms with van der Waals surface area (Å²) in [5.74, 6) is -0.410. The van der Waals surface area contributed by atoms with Crippen molar-refractivity contribution in [2.24, 2.45) is 0 Å². The van der Waals surface area contributed by atoms with Crippen molar-refractivity contribution in [1.29, 1.82) is 0 Å². The van der Waals surface area contributed by atoms with Gasteiger partial charge in [0.15, 0.2) is 0 Å². The number of aromatic nitrogens is 4. The summed E-state index contributed by atoms with van der Waals surface area (Å²) in [6, 6.07) is 12.7. The van der Waals surface area contributed by atoms with Gasteiger partial charge in [0.05, 0.1) is 0 Å². The van der Waals surface area contributed by atoms with Crippen LogP contribution < -0.4 is 10.9 Å². The Morgan fingerprint density at radius 2 is 1.96 bits per heavy atom. The average molecular weight is 355 g/mol. The molecule has 0 aliphatic heterocycles. The Morgan fingerprint density at radius 1 is 1.16 bits per heavy atom. The summed E-state index contributed by atoms with van der Waals surface area (Å²) in [5.41, 5.74) is 1.08. The van der Waals surface area contributed by atoms with Crippen molar-refractivity contribution in [2.45, 2.75) is 26.3 Å². The third kappa shape index (κ3) is 4.36. The summed E-state index contributed by atoms with van der Waals surface area (Å²) < 4.78 is 1.29. The first-order chi connectivity index (χ1) is 12.2. The van der Waals surface area contributed by atoms with Crippen LogP contribution in [0.2, 0.25) is 0 Å². The van der Waals surface area contributed by atoms with Gasteiger partial charge >= 0.3 is 0 Å². The molecular weight excluding hydrogens is 338 g/mol. The molecule has 2 heterocycles. The highest BCUT2D eigenvalue weighted by molar-refractivity contribution is 7.15. The first-order valence-corrected chi connectivity index (χ1v) is 8.73. The van der Waals surface area contributed by atoms with Gasteiger partial charge in [0.25, 0.3) is 11.5 Å². The van der Waals surface area contributed by atoms with Crippen molar-refractivity contribution in [1.82, 2.24) is 20.0 Å². The van der Waals surface area contributed by atoms with E-state index in [1.54, 1.807) is 0 Å². The molecule has 1 N–H and O–H groups in total. The maximum atomic E-state index is 12.3. The number of hydrogen-bond donors (Lipinski definition) is 1. The van der Waals surface area contributed by atoms with Crippen molar-refractivity contribution in [3.05, 3.63) is 69.1 Å². The second kappa shape index (κ2) is 7.80. The molecule has 0 saturated heterocycles. The molecule has 0 aliphatic carbocycles. The predicted octanol–water partition coefficient (Wildman–Crippen LogP) is 2.35. The number of amides is 1. The lowest BCUT2D eigenvalue weighted by molar-refractivity contribution is 0.101. The largest absolute Gasteiger partial charge is 0.295 e. The van der Waals surface area contributed by atoms with Crippen LogP contribution in [-0.4, -0.2) is 25.9 Å². The van der Waals surface area contributed by atoms with Gasteiger partial charge in [-0.3, -0.25) is 14.9 Å². The summed E-state index contributed by atoms with van der Waals surface area (Å²) in [6.45, 7) is 2.41. The van der Waals surface area contributed by atoms with E-state index < -0.39 is 5.91 Å². The van der Waals surface area contributed by atoms with Crippen LogP contribution in [0.15, 0.2) is 47.3 Å². The van der Waals surface area contributed by atoms with Gasteiger partial charge in [-0.15, -0.1) is 10.2 Å². The number of aryl methyl sites for hydroxylation is 1. The number of anilines is 1. The van der Waals surface area contributed by atoms with Crippen LogP contribution in [0.1, 0.15) is 34.4 Å². The summed E-state index contributed by atoms with van der Waals surface area (Å²) >= 11 is 1.32. The molecule has 2 aromatic heterocycles. The Hall–Kier alpha value is -2.87. The number of nitrogens with zero attached hydrogens (tertiary/aromatic N) is 4. The van der Waals surface area contributed by atoms with Gasteiger partial charge in [-0.25, -0.2) is 4.68 Å². The predicted molar refractivity (Wildman–Crippen MR) is 95.9 cm³/mol. The number of carbonyl (C=O) groups excluding carboxylic acids is 1. The molecule has 0 radical (unpaired) electrons. The van der Waals surface area contributed by atoms with Crippen LogP contribution in [0.3, 0.4) is 0 Å². The van der Waals surface area contributed by atoms with Crippen molar-refractivity contribution in [2.75, 3.05) is 5.32 Å². The zero-order valence-electron chi connectivity index (χ0n) is 13.7. The number of nitrogens with one attached hydrogen (secondary N) is 1. The van der Waals surface area contributed by atoms with E-state index in [-0.39, 0.29) is 11.3 Å². The number of rotatable bonds is 6. The molecule has 8 heteroatoms. The van der Waals surface area contributed by atoms with E-state index >= 15 is 0 Å². The van der Waals surface area contributed by atoms with E-state index in [2.05, 4.69) is 20.6 Å². The Balaban J connectivity index is 1.69. The van der Waals surface area contributed by atoms with E-state index in [0.717, 1.165) is 17.0 Å². The fourth-order valence-corrected chi connectivity index (χ4v) is 3.02. The number of benzene rings is 1. The van der Waals surface area contributed by atoms with E-state index in [1.807, 2.05) is 37.3 Å². The van der Waals surface area contributed by atoms with E-state index in [1.165, 1.54) is 28.2 Å². The lowest BCUT2D eigenvalue weighted by Gasteiger charge is -2.04. The molecule has 0 fully saturated rings. The topological polar surface area (TPSA) is 89.8 Å². The summed E-state index contributed by atoms with van der Waals surface area (Å²) in [4.78, 5) is 24.0. The van der Waals surface area contributed by atoms with Gasteiger partial charge in [0, 0.05) is 19.0 Å². The molecule has 0 spiro atoms. The maximum absolute atomic E-state index is 12.3. The van der Waals surface area contributed by atoms with Gasteiger partial charge in [-0.05, 0) is 18.1 Å². The Labute approximate surface area is 148 Å². The number of carbonyl (C=O) groups is 1. The first-order valence-electron chi connectivity index (χ1n) is 7.91. The molecule has 25 heavy (non-hydrogen) atoms. The summed E-state index contributed by atoms with van der Waals surface area (Å²) in [6.07, 6.45) is 1.42. The normalized spacial score (nSPS) is 10.6. The van der Waals surface area contributed by atoms with Crippen molar-refractivity contribution < 1.29 is 4.79 Å². The smallest absolute Gasteiger partial charge is 0.277 e. The lowest BCUT2D eigenvalue weighted by Crippen LogP contribution is -2.26. The molecule has 128 valence electrons. The molecule has 0 bridgehead atoms. The standard InChI is InChI=1S/C17H17N5O2S/c1-2-10-22-15(23)9-8-13(21-22)16(24)18-17-20-19-14(25-17)11-12-6-4-3-5-7-12/h3-9H,2,10-11H2,1H3,(H,18,20,24).